The SMILES string of the molecule is C\C=C/C(=C\C(=C\CC)C(F)(F)F)C1NC2=C(CCCC2)O1. The van der Waals surface area contributed by atoms with Gasteiger partial charge in [0, 0.05) is 12.0 Å². The van der Waals surface area contributed by atoms with Crippen LogP contribution in [0.5, 0.6) is 0 Å². The van der Waals surface area contributed by atoms with Crippen LogP contribution in [0.1, 0.15) is 46.0 Å². The van der Waals surface area contributed by atoms with Gasteiger partial charge in [-0.1, -0.05) is 25.2 Å². The van der Waals surface area contributed by atoms with Crippen LogP contribution in [0.15, 0.2) is 46.9 Å². The van der Waals surface area contributed by atoms with Crippen molar-refractivity contribution in [2.45, 2.75) is 58.4 Å². The molecule has 2 rings (SSSR count). The van der Waals surface area contributed by atoms with E-state index in [1.165, 1.54) is 12.2 Å². The molecule has 122 valence electrons. The number of halogens is 3. The van der Waals surface area contributed by atoms with Crippen molar-refractivity contribution in [3.05, 3.63) is 46.9 Å². The molecule has 1 aliphatic carbocycles. The van der Waals surface area contributed by atoms with Crippen LogP contribution in [0, 0.1) is 0 Å². The van der Waals surface area contributed by atoms with Crippen LogP contribution in [0.4, 0.5) is 13.2 Å². The zero-order chi connectivity index (χ0) is 16.2. The van der Waals surface area contributed by atoms with Gasteiger partial charge in [-0.05, 0) is 38.7 Å². The third-order valence-corrected chi connectivity index (χ3v) is 3.72. The van der Waals surface area contributed by atoms with E-state index in [1.54, 1.807) is 26.0 Å². The molecule has 1 aliphatic heterocycles. The van der Waals surface area contributed by atoms with Crippen LogP contribution in [0.3, 0.4) is 0 Å². The monoisotopic (exact) mass is 313 g/mol. The van der Waals surface area contributed by atoms with Crippen molar-refractivity contribution in [1.29, 1.82) is 0 Å². The number of ether oxygens (including phenoxy) is 1. The summed E-state index contributed by atoms with van der Waals surface area (Å²) in [5, 5.41) is 3.22. The molecule has 0 radical (unpaired) electrons. The van der Waals surface area contributed by atoms with Gasteiger partial charge in [0.15, 0.2) is 6.23 Å². The van der Waals surface area contributed by atoms with Crippen molar-refractivity contribution in [3.8, 4) is 0 Å². The Balaban J connectivity index is 2.24. The highest BCUT2D eigenvalue weighted by Crippen LogP contribution is 2.34. The Bertz CT molecular complexity index is 509. The Morgan fingerprint density at radius 3 is 2.64 bits per heavy atom. The first-order valence-corrected chi connectivity index (χ1v) is 7.72. The molecule has 0 amide bonds. The lowest BCUT2D eigenvalue weighted by Crippen LogP contribution is -2.26. The summed E-state index contributed by atoms with van der Waals surface area (Å²) in [5.74, 6) is 0.902. The topological polar surface area (TPSA) is 21.3 Å². The molecule has 1 atom stereocenters. The van der Waals surface area contributed by atoms with Crippen LogP contribution >= 0.6 is 0 Å². The van der Waals surface area contributed by atoms with E-state index in [0.717, 1.165) is 37.1 Å². The number of rotatable bonds is 4. The van der Waals surface area contributed by atoms with Gasteiger partial charge >= 0.3 is 6.18 Å². The highest BCUT2D eigenvalue weighted by molar-refractivity contribution is 5.37. The van der Waals surface area contributed by atoms with Crippen molar-refractivity contribution in [2.24, 2.45) is 0 Å². The molecule has 0 aromatic carbocycles. The van der Waals surface area contributed by atoms with E-state index in [4.69, 9.17) is 4.74 Å². The van der Waals surface area contributed by atoms with E-state index >= 15 is 0 Å². The number of allylic oxidation sites excluding steroid dienone is 6. The average molecular weight is 313 g/mol. The first-order valence-electron chi connectivity index (χ1n) is 7.72. The summed E-state index contributed by atoms with van der Waals surface area (Å²) in [4.78, 5) is 0. The molecule has 1 heterocycles. The molecule has 0 spiro atoms. The Hall–Kier alpha value is -1.65. The molecule has 2 nitrogen and oxygen atoms in total. The second kappa shape index (κ2) is 7.07. The lowest BCUT2D eigenvalue weighted by Gasteiger charge is -2.16. The molecular weight excluding hydrogens is 291 g/mol. The molecular formula is C17H22F3NO. The maximum absolute atomic E-state index is 13.1. The van der Waals surface area contributed by atoms with Crippen molar-refractivity contribution in [3.63, 3.8) is 0 Å². The third kappa shape index (κ3) is 3.96. The van der Waals surface area contributed by atoms with E-state index in [-0.39, 0.29) is 0 Å². The van der Waals surface area contributed by atoms with E-state index in [1.807, 2.05) is 0 Å². The average Bonchev–Trinajstić information content (AvgIpc) is 2.88. The minimum absolute atomic E-state index is 0.335. The fraction of sp³-hybridized carbons (Fsp3) is 0.529. The number of alkyl halides is 3. The number of nitrogens with one attached hydrogen (secondary N) is 1. The Kier molecular flexibility index (Phi) is 5.37. The lowest BCUT2D eigenvalue weighted by atomic mass is 10.0. The van der Waals surface area contributed by atoms with E-state index < -0.39 is 18.0 Å². The fourth-order valence-corrected chi connectivity index (χ4v) is 2.70. The molecule has 0 fully saturated rings. The maximum atomic E-state index is 13.1. The minimum Gasteiger partial charge on any atom is -0.469 e. The molecule has 0 bridgehead atoms. The molecule has 2 aliphatic rings. The zero-order valence-corrected chi connectivity index (χ0v) is 13.0. The standard InChI is InChI=1S/C17H22F3NO/c1-3-7-12(11-13(8-4-2)17(18,19)20)16-21-14-9-5-6-10-15(14)22-16/h3,7-8,11,16,21H,4-6,9-10H2,1-2H3/b7-3-,12-11+,13-8-. The van der Waals surface area contributed by atoms with E-state index in [9.17, 15) is 13.2 Å². The highest BCUT2D eigenvalue weighted by Gasteiger charge is 2.34. The second-order valence-corrected chi connectivity index (χ2v) is 5.46. The summed E-state index contributed by atoms with van der Waals surface area (Å²) in [6, 6.07) is 0. The first-order chi connectivity index (χ1) is 10.5. The number of hydrogen-bond donors (Lipinski definition) is 1. The van der Waals surface area contributed by atoms with Gasteiger partial charge in [0.25, 0.3) is 0 Å². The quantitative estimate of drug-likeness (QED) is 0.727. The van der Waals surface area contributed by atoms with Gasteiger partial charge in [-0.15, -0.1) is 0 Å². The summed E-state index contributed by atoms with van der Waals surface area (Å²) in [5.41, 5.74) is 0.909. The lowest BCUT2D eigenvalue weighted by molar-refractivity contribution is -0.0885. The smallest absolute Gasteiger partial charge is 0.416 e. The summed E-state index contributed by atoms with van der Waals surface area (Å²) in [6.45, 7) is 3.48. The van der Waals surface area contributed by atoms with Crippen LogP contribution in [-0.2, 0) is 4.74 Å². The summed E-state index contributed by atoms with van der Waals surface area (Å²) in [7, 11) is 0. The maximum Gasteiger partial charge on any atom is 0.416 e. The second-order valence-electron chi connectivity index (χ2n) is 5.46. The largest absolute Gasteiger partial charge is 0.469 e. The highest BCUT2D eigenvalue weighted by atomic mass is 19.4. The minimum atomic E-state index is -4.35. The van der Waals surface area contributed by atoms with Crippen LogP contribution in [0.25, 0.3) is 0 Å². The molecule has 22 heavy (non-hydrogen) atoms. The van der Waals surface area contributed by atoms with E-state index in [0.29, 0.717) is 12.0 Å². The Morgan fingerprint density at radius 2 is 2.05 bits per heavy atom. The summed E-state index contributed by atoms with van der Waals surface area (Å²) in [6.07, 6.45) is 5.17. The van der Waals surface area contributed by atoms with Gasteiger partial charge < -0.3 is 10.1 Å². The molecule has 0 saturated heterocycles. The van der Waals surface area contributed by atoms with Crippen LogP contribution < -0.4 is 5.32 Å². The van der Waals surface area contributed by atoms with Gasteiger partial charge in [-0.2, -0.15) is 13.2 Å². The van der Waals surface area contributed by atoms with Gasteiger partial charge in [0.05, 0.1) is 11.3 Å². The van der Waals surface area contributed by atoms with Gasteiger partial charge in [-0.3, -0.25) is 0 Å². The molecule has 0 aromatic heterocycles. The molecule has 1 N–H and O–H groups in total. The Morgan fingerprint density at radius 1 is 1.32 bits per heavy atom. The van der Waals surface area contributed by atoms with Gasteiger partial charge in [-0.25, -0.2) is 0 Å². The van der Waals surface area contributed by atoms with Crippen LogP contribution in [0.2, 0.25) is 0 Å². The van der Waals surface area contributed by atoms with Crippen LogP contribution in [-0.4, -0.2) is 12.4 Å². The van der Waals surface area contributed by atoms with Gasteiger partial charge in [0.2, 0.25) is 0 Å². The van der Waals surface area contributed by atoms with Crippen molar-refractivity contribution in [2.75, 3.05) is 0 Å². The first kappa shape index (κ1) is 16.7. The Labute approximate surface area is 129 Å². The van der Waals surface area contributed by atoms with E-state index in [2.05, 4.69) is 5.32 Å². The molecule has 5 heteroatoms. The third-order valence-electron chi connectivity index (χ3n) is 3.72. The van der Waals surface area contributed by atoms with Gasteiger partial charge in [0.1, 0.15) is 5.76 Å². The summed E-state index contributed by atoms with van der Waals surface area (Å²) >= 11 is 0. The molecule has 0 saturated carbocycles. The van der Waals surface area contributed by atoms with Crippen molar-refractivity contribution in [1.82, 2.24) is 5.32 Å². The predicted octanol–water partition coefficient (Wildman–Crippen LogP) is 5.12. The number of hydrogen-bond acceptors (Lipinski definition) is 2. The molecule has 1 unspecified atom stereocenters. The predicted molar refractivity (Wildman–Crippen MR) is 80.8 cm³/mol. The van der Waals surface area contributed by atoms with Crippen molar-refractivity contribution < 1.29 is 17.9 Å². The normalized spacial score (nSPS) is 23.6. The zero-order valence-electron chi connectivity index (χ0n) is 13.0. The van der Waals surface area contributed by atoms with Crippen molar-refractivity contribution >= 4 is 0 Å². The fourth-order valence-electron chi connectivity index (χ4n) is 2.70. The molecule has 0 aromatic rings. The summed E-state index contributed by atoms with van der Waals surface area (Å²) < 4.78 is 45.1.